The van der Waals surface area contributed by atoms with E-state index < -0.39 is 5.63 Å². The number of benzene rings is 1. The molecule has 0 saturated carbocycles. The van der Waals surface area contributed by atoms with E-state index in [-0.39, 0.29) is 16.5 Å². The molecule has 2 heterocycles. The Morgan fingerprint density at radius 1 is 1.15 bits per heavy atom. The van der Waals surface area contributed by atoms with Crippen molar-refractivity contribution in [2.24, 2.45) is 0 Å². The van der Waals surface area contributed by atoms with Gasteiger partial charge < -0.3 is 29.6 Å². The average molecular weight is 377 g/mol. The minimum absolute atomic E-state index is 0.0381. The maximum atomic E-state index is 11.6. The number of ether oxygens (including phenoxy) is 3. The van der Waals surface area contributed by atoms with Gasteiger partial charge in [-0.3, -0.25) is 4.63 Å². The molecule has 0 spiro atoms. The molecule has 0 aliphatic carbocycles. The van der Waals surface area contributed by atoms with Crippen LogP contribution in [0.2, 0.25) is 0 Å². The average Bonchev–Trinajstić information content (AvgIpc) is 3.06. The molecule has 0 fully saturated rings. The number of anilines is 1. The van der Waals surface area contributed by atoms with Crippen LogP contribution < -0.4 is 30.5 Å². The van der Waals surface area contributed by atoms with Crippen molar-refractivity contribution in [2.45, 2.75) is 19.3 Å². The van der Waals surface area contributed by atoms with Crippen molar-refractivity contribution in [1.29, 1.82) is 0 Å². The summed E-state index contributed by atoms with van der Waals surface area (Å²) >= 11 is 0. The molecule has 0 aliphatic rings. The predicted octanol–water partition coefficient (Wildman–Crippen LogP) is 1.63. The zero-order valence-electron chi connectivity index (χ0n) is 14.7. The highest BCUT2D eigenvalue weighted by molar-refractivity contribution is 5.83. The third-order valence-corrected chi connectivity index (χ3v) is 3.77. The highest BCUT2D eigenvalue weighted by Gasteiger charge is 2.11. The Hall–Kier alpha value is -3.43. The predicted molar refractivity (Wildman–Crippen MR) is 93.8 cm³/mol. The summed E-state index contributed by atoms with van der Waals surface area (Å²) in [6, 6.07) is 4.86. The Morgan fingerprint density at radius 2 is 1.93 bits per heavy atom. The first-order chi connectivity index (χ1) is 13.1. The van der Waals surface area contributed by atoms with Crippen molar-refractivity contribution >= 4 is 16.7 Å². The SMILES string of the molecule is COc1cc2cc(N)c(=O)oc2cc1OCCCCCOc1c[n+]([O-])on1. The third kappa shape index (κ3) is 4.60. The molecule has 0 unspecified atom stereocenters. The van der Waals surface area contributed by atoms with Gasteiger partial charge in [-0.25, -0.2) is 4.79 Å². The number of nitrogen functional groups attached to an aromatic ring is 1. The van der Waals surface area contributed by atoms with Gasteiger partial charge in [0.2, 0.25) is 6.20 Å². The number of hydrogen-bond acceptors (Lipinski definition) is 9. The van der Waals surface area contributed by atoms with Gasteiger partial charge in [0.1, 0.15) is 11.3 Å². The van der Waals surface area contributed by atoms with Crippen molar-refractivity contribution < 1.29 is 28.2 Å². The zero-order valence-corrected chi connectivity index (χ0v) is 14.7. The summed E-state index contributed by atoms with van der Waals surface area (Å²) in [4.78, 5) is 11.8. The summed E-state index contributed by atoms with van der Waals surface area (Å²) in [5.41, 5.74) is 5.40. The van der Waals surface area contributed by atoms with Crippen LogP contribution >= 0.6 is 0 Å². The molecule has 2 N–H and O–H groups in total. The van der Waals surface area contributed by atoms with Gasteiger partial charge in [0, 0.05) is 11.5 Å². The lowest BCUT2D eigenvalue weighted by Gasteiger charge is -2.11. The van der Waals surface area contributed by atoms with Crippen LogP contribution in [0, 0.1) is 5.21 Å². The van der Waals surface area contributed by atoms with Crippen molar-refractivity contribution in [3.63, 3.8) is 0 Å². The van der Waals surface area contributed by atoms with Gasteiger partial charge in [-0.15, -0.1) is 0 Å². The summed E-state index contributed by atoms with van der Waals surface area (Å²) in [6.07, 6.45) is 3.49. The molecule has 3 rings (SSSR count). The van der Waals surface area contributed by atoms with Gasteiger partial charge in [0.25, 0.3) is 0 Å². The van der Waals surface area contributed by atoms with Crippen LogP contribution in [0.25, 0.3) is 11.0 Å². The number of nitrogens with two attached hydrogens (primary N) is 1. The number of fused-ring (bicyclic) bond motifs is 1. The van der Waals surface area contributed by atoms with Gasteiger partial charge in [-0.05, 0) is 36.3 Å². The first kappa shape index (κ1) is 18.4. The number of nitrogens with zero attached hydrogens (tertiary/aromatic N) is 2. The van der Waals surface area contributed by atoms with E-state index in [0.717, 1.165) is 25.5 Å². The number of methoxy groups -OCH3 is 1. The smallest absolute Gasteiger partial charge is 0.394 e. The monoisotopic (exact) mass is 377 g/mol. The van der Waals surface area contributed by atoms with Crippen LogP contribution in [0.4, 0.5) is 5.69 Å². The first-order valence-electron chi connectivity index (χ1n) is 8.30. The highest BCUT2D eigenvalue weighted by Crippen LogP contribution is 2.32. The Labute approximate surface area is 153 Å². The maximum absolute atomic E-state index is 11.6. The zero-order chi connectivity index (χ0) is 19.2. The fraction of sp³-hybridized carbons (Fsp3) is 0.353. The molecule has 0 saturated heterocycles. The number of hydrogen-bond donors (Lipinski definition) is 1. The van der Waals surface area contributed by atoms with E-state index in [2.05, 4.69) is 9.79 Å². The molecule has 2 aromatic heterocycles. The molecule has 0 bridgehead atoms. The molecule has 10 nitrogen and oxygen atoms in total. The van der Waals surface area contributed by atoms with Crippen LogP contribution in [0.5, 0.6) is 17.4 Å². The van der Waals surface area contributed by atoms with Crippen molar-refractivity contribution in [3.05, 3.63) is 40.0 Å². The first-order valence-corrected chi connectivity index (χ1v) is 8.30. The molecule has 3 aromatic rings. The number of unbranched alkanes of at least 4 members (excludes halogenated alkanes) is 2. The van der Waals surface area contributed by atoms with Crippen molar-refractivity contribution in [2.75, 3.05) is 26.1 Å². The lowest BCUT2D eigenvalue weighted by molar-refractivity contribution is -0.802. The largest absolute Gasteiger partial charge is 0.493 e. The summed E-state index contributed by atoms with van der Waals surface area (Å²) < 4.78 is 25.8. The standard InChI is InChI=1S/C17H19N3O7/c1-23-14-8-11-7-12(18)17(21)26-13(11)9-15(14)24-5-3-2-4-6-25-16-10-20(22)27-19-16/h7-10H,2-6,18H2,1H3. The maximum Gasteiger partial charge on any atom is 0.394 e. The molecule has 0 amide bonds. The Bertz CT molecular complexity index is 967. The summed E-state index contributed by atoms with van der Waals surface area (Å²) in [7, 11) is 1.53. The van der Waals surface area contributed by atoms with Crippen LogP contribution in [-0.4, -0.2) is 25.5 Å². The molecule has 0 radical (unpaired) electrons. The van der Waals surface area contributed by atoms with E-state index in [9.17, 15) is 10.0 Å². The Morgan fingerprint density at radius 3 is 2.63 bits per heavy atom. The minimum atomic E-state index is -0.590. The Balaban J connectivity index is 1.49. The highest BCUT2D eigenvalue weighted by atomic mass is 16.8. The second-order valence-corrected chi connectivity index (χ2v) is 5.71. The fourth-order valence-corrected chi connectivity index (χ4v) is 2.44. The van der Waals surface area contributed by atoms with E-state index in [1.807, 2.05) is 0 Å². The molecule has 0 aliphatic heterocycles. The second-order valence-electron chi connectivity index (χ2n) is 5.71. The normalized spacial score (nSPS) is 10.9. The van der Waals surface area contributed by atoms with Gasteiger partial charge in [0.15, 0.2) is 11.5 Å². The van der Waals surface area contributed by atoms with E-state index in [1.165, 1.54) is 13.2 Å². The molecule has 10 heteroatoms. The molecular formula is C17H19N3O7. The van der Waals surface area contributed by atoms with E-state index in [0.29, 0.717) is 35.7 Å². The molecule has 144 valence electrons. The van der Waals surface area contributed by atoms with Gasteiger partial charge in [-0.2, -0.15) is 0 Å². The van der Waals surface area contributed by atoms with Crippen molar-refractivity contribution in [1.82, 2.24) is 5.16 Å². The minimum Gasteiger partial charge on any atom is -0.493 e. The van der Waals surface area contributed by atoms with Crippen LogP contribution in [0.3, 0.4) is 0 Å². The summed E-state index contributed by atoms with van der Waals surface area (Å²) in [5.74, 6) is 1.16. The van der Waals surface area contributed by atoms with E-state index in [1.54, 1.807) is 12.1 Å². The van der Waals surface area contributed by atoms with Gasteiger partial charge in [0.05, 0.1) is 25.5 Å². The molecule has 27 heavy (non-hydrogen) atoms. The van der Waals surface area contributed by atoms with Crippen LogP contribution in [0.15, 0.2) is 38.2 Å². The van der Waals surface area contributed by atoms with Crippen LogP contribution in [-0.2, 0) is 0 Å². The quantitative estimate of drug-likeness (QED) is 0.335. The van der Waals surface area contributed by atoms with Gasteiger partial charge >= 0.3 is 11.5 Å². The van der Waals surface area contributed by atoms with E-state index in [4.69, 9.17) is 24.4 Å². The molecular weight excluding hydrogens is 358 g/mol. The Kier molecular flexibility index (Phi) is 5.64. The topological polar surface area (TPSA) is 137 Å². The lowest BCUT2D eigenvalue weighted by Crippen LogP contribution is -2.20. The number of rotatable bonds is 9. The van der Waals surface area contributed by atoms with Crippen molar-refractivity contribution in [3.8, 4) is 17.4 Å². The van der Waals surface area contributed by atoms with E-state index >= 15 is 0 Å². The molecule has 0 atom stereocenters. The second kappa shape index (κ2) is 8.30. The third-order valence-electron chi connectivity index (χ3n) is 3.77. The van der Waals surface area contributed by atoms with Crippen LogP contribution in [0.1, 0.15) is 19.3 Å². The fourth-order valence-electron chi connectivity index (χ4n) is 2.44. The number of aromatic nitrogens is 2. The van der Waals surface area contributed by atoms with Gasteiger partial charge in [-0.1, -0.05) is 0 Å². The molecule has 1 aromatic carbocycles. The summed E-state index contributed by atoms with van der Waals surface area (Å²) in [5, 5.41) is 14.8. The lowest BCUT2D eigenvalue weighted by atomic mass is 10.2. The summed E-state index contributed by atoms with van der Waals surface area (Å²) in [6.45, 7) is 0.865.